The molecule has 0 unspecified atom stereocenters. The second kappa shape index (κ2) is 4.36. The van der Waals surface area contributed by atoms with Gasteiger partial charge in [0.1, 0.15) is 12.1 Å². The van der Waals surface area contributed by atoms with E-state index in [2.05, 4.69) is 5.32 Å². The molecule has 0 saturated carbocycles. The fourth-order valence-corrected chi connectivity index (χ4v) is 0.893. The number of hydrogen-bond donors (Lipinski definition) is 2. The molecule has 0 aliphatic rings. The van der Waals surface area contributed by atoms with E-state index in [1.54, 1.807) is 0 Å². The summed E-state index contributed by atoms with van der Waals surface area (Å²) in [5, 5.41) is 2.35. The lowest BCUT2D eigenvalue weighted by molar-refractivity contribution is -0.119. The molecule has 0 aliphatic heterocycles. The summed E-state index contributed by atoms with van der Waals surface area (Å²) in [5.74, 6) is -1.09. The maximum Gasteiger partial charge on any atom is 0.231 e. The summed E-state index contributed by atoms with van der Waals surface area (Å²) in [5.41, 5.74) is 5.53. The van der Waals surface area contributed by atoms with Crippen molar-refractivity contribution in [3.05, 3.63) is 24.0 Å². The molecule has 1 rings (SSSR count). The Kier molecular flexibility index (Phi) is 3.17. The van der Waals surface area contributed by atoms with Crippen molar-refractivity contribution in [2.75, 3.05) is 11.1 Å². The summed E-state index contributed by atoms with van der Waals surface area (Å²) in [6.07, 6.45) is 0.231. The van der Waals surface area contributed by atoms with E-state index in [1.165, 1.54) is 12.1 Å². The van der Waals surface area contributed by atoms with Crippen LogP contribution >= 0.6 is 0 Å². The van der Waals surface area contributed by atoms with E-state index in [0.717, 1.165) is 6.07 Å². The second-order valence-corrected chi connectivity index (χ2v) is 2.66. The number of nitrogens with one attached hydrogen (secondary N) is 1. The quantitative estimate of drug-likeness (QED) is 0.429. The van der Waals surface area contributed by atoms with Crippen LogP contribution in [0.25, 0.3) is 0 Å². The van der Waals surface area contributed by atoms with Gasteiger partial charge < -0.3 is 15.8 Å². The molecule has 0 aromatic heterocycles. The van der Waals surface area contributed by atoms with Gasteiger partial charge in [0.15, 0.2) is 0 Å². The first-order valence-corrected chi connectivity index (χ1v) is 3.92. The molecule has 5 heteroatoms. The van der Waals surface area contributed by atoms with Crippen LogP contribution in [0, 0.1) is 5.82 Å². The lowest BCUT2D eigenvalue weighted by Crippen LogP contribution is -2.11. The van der Waals surface area contributed by atoms with Gasteiger partial charge in [0.2, 0.25) is 5.91 Å². The Balaban J connectivity index is 2.72. The minimum atomic E-state index is -0.603. The van der Waals surface area contributed by atoms with Crippen molar-refractivity contribution >= 4 is 23.6 Å². The summed E-state index contributed by atoms with van der Waals surface area (Å²) in [6, 6.07) is 3.89. The first-order chi connectivity index (χ1) is 6.63. The third-order valence-corrected chi connectivity index (χ3v) is 1.55. The number of anilines is 2. The molecule has 0 saturated heterocycles. The van der Waals surface area contributed by atoms with Gasteiger partial charge in [0, 0.05) is 5.69 Å². The number of carbonyl (C=O) groups excluding carboxylic acids is 2. The Morgan fingerprint density at radius 3 is 2.86 bits per heavy atom. The number of halogens is 1. The topological polar surface area (TPSA) is 72.2 Å². The summed E-state index contributed by atoms with van der Waals surface area (Å²) < 4.78 is 12.9. The lowest BCUT2D eigenvalue weighted by atomic mass is 10.2. The number of benzene rings is 1. The van der Waals surface area contributed by atoms with Crippen molar-refractivity contribution in [3.8, 4) is 0 Å². The van der Waals surface area contributed by atoms with E-state index in [9.17, 15) is 14.0 Å². The number of hydrogen-bond acceptors (Lipinski definition) is 3. The van der Waals surface area contributed by atoms with Crippen molar-refractivity contribution in [2.45, 2.75) is 6.42 Å². The minimum Gasteiger partial charge on any atom is -0.396 e. The van der Waals surface area contributed by atoms with Crippen LogP contribution in [0.1, 0.15) is 6.42 Å². The Labute approximate surface area is 79.9 Å². The van der Waals surface area contributed by atoms with Crippen molar-refractivity contribution < 1.29 is 14.0 Å². The van der Waals surface area contributed by atoms with E-state index >= 15 is 0 Å². The zero-order chi connectivity index (χ0) is 10.6. The molecule has 1 aromatic rings. The summed E-state index contributed by atoms with van der Waals surface area (Å²) in [6.45, 7) is 0. The SMILES string of the molecule is Nc1ccc(NC(=O)CC=O)cc1F. The largest absolute Gasteiger partial charge is 0.396 e. The van der Waals surface area contributed by atoms with Crippen LogP contribution in [0.3, 0.4) is 0 Å². The average molecular weight is 196 g/mol. The molecule has 1 aromatic carbocycles. The fourth-order valence-electron chi connectivity index (χ4n) is 0.893. The van der Waals surface area contributed by atoms with Gasteiger partial charge in [0.05, 0.1) is 12.1 Å². The van der Waals surface area contributed by atoms with Crippen LogP contribution in [-0.4, -0.2) is 12.2 Å². The Bertz CT molecular complexity index is 366. The van der Waals surface area contributed by atoms with Gasteiger partial charge in [0.25, 0.3) is 0 Å². The zero-order valence-corrected chi connectivity index (χ0v) is 7.29. The Hall–Kier alpha value is -1.91. The normalized spacial score (nSPS) is 9.50. The van der Waals surface area contributed by atoms with Gasteiger partial charge >= 0.3 is 0 Å². The smallest absolute Gasteiger partial charge is 0.231 e. The highest BCUT2D eigenvalue weighted by Crippen LogP contribution is 2.15. The van der Waals surface area contributed by atoms with E-state index in [-0.39, 0.29) is 17.8 Å². The highest BCUT2D eigenvalue weighted by atomic mass is 19.1. The number of amides is 1. The lowest BCUT2D eigenvalue weighted by Gasteiger charge is -2.03. The molecule has 0 spiro atoms. The molecule has 14 heavy (non-hydrogen) atoms. The number of nitrogen functional groups attached to an aromatic ring is 1. The van der Waals surface area contributed by atoms with Gasteiger partial charge in [-0.1, -0.05) is 0 Å². The molecule has 0 atom stereocenters. The van der Waals surface area contributed by atoms with E-state index in [4.69, 9.17) is 5.73 Å². The Morgan fingerprint density at radius 1 is 1.57 bits per heavy atom. The first-order valence-electron chi connectivity index (χ1n) is 3.92. The highest BCUT2D eigenvalue weighted by molar-refractivity contribution is 5.98. The molecule has 0 radical (unpaired) electrons. The Morgan fingerprint density at radius 2 is 2.29 bits per heavy atom. The number of aldehydes is 1. The van der Waals surface area contributed by atoms with E-state index in [0.29, 0.717) is 6.29 Å². The minimum absolute atomic E-state index is 0.0124. The highest BCUT2D eigenvalue weighted by Gasteiger charge is 2.03. The first kappa shape index (κ1) is 10.2. The van der Waals surface area contributed by atoms with Crippen molar-refractivity contribution in [1.29, 1.82) is 0 Å². The molecule has 1 amide bonds. The molecule has 4 nitrogen and oxygen atoms in total. The number of rotatable bonds is 3. The van der Waals surface area contributed by atoms with Crippen LogP contribution < -0.4 is 11.1 Å². The zero-order valence-electron chi connectivity index (χ0n) is 7.29. The average Bonchev–Trinajstić information content (AvgIpc) is 2.12. The summed E-state index contributed by atoms with van der Waals surface area (Å²) >= 11 is 0. The van der Waals surface area contributed by atoms with Crippen LogP contribution in [0.2, 0.25) is 0 Å². The number of nitrogens with two attached hydrogens (primary N) is 1. The molecule has 0 aliphatic carbocycles. The monoisotopic (exact) mass is 196 g/mol. The van der Waals surface area contributed by atoms with Gasteiger partial charge in [-0.05, 0) is 18.2 Å². The van der Waals surface area contributed by atoms with Gasteiger partial charge in [-0.3, -0.25) is 4.79 Å². The molecule has 0 fully saturated rings. The maximum absolute atomic E-state index is 12.9. The van der Waals surface area contributed by atoms with E-state index < -0.39 is 11.7 Å². The standard InChI is InChI=1S/C9H9FN2O2/c10-7-5-6(1-2-8(7)11)12-9(14)3-4-13/h1-2,4-5H,3,11H2,(H,12,14). The fraction of sp³-hybridized carbons (Fsp3) is 0.111. The third-order valence-electron chi connectivity index (χ3n) is 1.55. The number of carbonyl (C=O) groups is 2. The van der Waals surface area contributed by atoms with Gasteiger partial charge in [-0.15, -0.1) is 0 Å². The molecule has 74 valence electrons. The maximum atomic E-state index is 12.9. The molecular weight excluding hydrogens is 187 g/mol. The van der Waals surface area contributed by atoms with Gasteiger partial charge in [-0.2, -0.15) is 0 Å². The summed E-state index contributed by atoms with van der Waals surface area (Å²) in [4.78, 5) is 20.9. The third kappa shape index (κ3) is 2.55. The summed E-state index contributed by atoms with van der Waals surface area (Å²) in [7, 11) is 0. The molecule has 0 bridgehead atoms. The van der Waals surface area contributed by atoms with Crippen LogP contribution in [0.5, 0.6) is 0 Å². The van der Waals surface area contributed by atoms with Crippen molar-refractivity contribution in [3.63, 3.8) is 0 Å². The second-order valence-electron chi connectivity index (χ2n) is 2.66. The predicted molar refractivity (Wildman–Crippen MR) is 50.1 cm³/mol. The predicted octanol–water partition coefficient (Wildman–Crippen LogP) is 0.935. The van der Waals surface area contributed by atoms with Gasteiger partial charge in [-0.25, -0.2) is 4.39 Å². The molecule has 0 heterocycles. The molecular formula is C9H9FN2O2. The van der Waals surface area contributed by atoms with Crippen molar-refractivity contribution in [1.82, 2.24) is 0 Å². The van der Waals surface area contributed by atoms with Crippen molar-refractivity contribution in [2.24, 2.45) is 0 Å². The molecule has 3 N–H and O–H groups in total. The van der Waals surface area contributed by atoms with Crippen LogP contribution in [0.15, 0.2) is 18.2 Å². The van der Waals surface area contributed by atoms with Crippen LogP contribution in [-0.2, 0) is 9.59 Å². The van der Waals surface area contributed by atoms with Crippen LogP contribution in [0.4, 0.5) is 15.8 Å². The van der Waals surface area contributed by atoms with E-state index in [1.807, 2.05) is 0 Å².